The lowest BCUT2D eigenvalue weighted by atomic mass is 10.1. The lowest BCUT2D eigenvalue weighted by Crippen LogP contribution is -2.31. The normalized spacial score (nSPS) is 32.1. The third kappa shape index (κ3) is 5.34. The zero-order valence-corrected chi connectivity index (χ0v) is 23.6. The molecule has 4 aromatic rings. The maximum atomic E-state index is 15.8. The molecule has 0 aliphatic carbocycles. The SMILES string of the molecule is Nc1cc2c(ncn2[C@@H]2O[C@@H]3COP(O)(=S)OCCn4c(nc5cncnc54)COP(=O)(S)O[C@@H]2[C@H]3F)c(=O)[nH]1. The molecule has 4 N–H and O–H groups in total. The number of thiol groups is 1. The number of ether oxygens (including phenoxy) is 1. The van der Waals surface area contributed by atoms with Gasteiger partial charge >= 0.3 is 13.5 Å². The fraction of sp³-hybridized carbons (Fsp3) is 0.421. The number of nitrogen functional groups attached to an aromatic ring is 1. The zero-order chi connectivity index (χ0) is 28.2. The number of H-pyrrole nitrogens is 1. The van der Waals surface area contributed by atoms with Crippen LogP contribution in [0.2, 0.25) is 0 Å². The van der Waals surface area contributed by atoms with Crippen molar-refractivity contribution in [3.8, 4) is 0 Å². The second-order valence-electron chi connectivity index (χ2n) is 8.77. The van der Waals surface area contributed by atoms with Crippen molar-refractivity contribution in [2.24, 2.45) is 0 Å². The highest BCUT2D eigenvalue weighted by Gasteiger charge is 2.50. The summed E-state index contributed by atoms with van der Waals surface area (Å²) in [5.74, 6) is 0.276. The Morgan fingerprint density at radius 3 is 2.95 bits per heavy atom. The van der Waals surface area contributed by atoms with E-state index >= 15 is 4.39 Å². The van der Waals surface area contributed by atoms with Gasteiger partial charge in [-0.15, -0.1) is 0 Å². The third-order valence-electron chi connectivity index (χ3n) is 6.21. The summed E-state index contributed by atoms with van der Waals surface area (Å²) in [6.07, 6.45) is -2.25. The van der Waals surface area contributed by atoms with Crippen molar-refractivity contribution in [1.82, 2.24) is 34.1 Å². The number of halogens is 1. The summed E-state index contributed by atoms with van der Waals surface area (Å²) >= 11 is 9.15. The van der Waals surface area contributed by atoms with Gasteiger partial charge in [0.2, 0.25) is 0 Å². The number of aromatic amines is 1. The van der Waals surface area contributed by atoms with E-state index in [2.05, 4.69) is 37.2 Å². The standard InChI is InChI=1S/C19H21FN8O8P2S2/c20-14-11-5-33-37(30,39)32-2-1-27-13(25-9-4-22-7-23-17(9)27)6-34-38(31,40)36-16(14)19(35-11)28-8-24-15-10(28)3-12(21)26-18(15)29/h3-4,7-8,11,14,16,19H,1-2,5-6H2,(H,30,39)(H,31,40)(H3,21,26,29)/t11-,14+,16-,19-,37?,38?/m1/s1. The van der Waals surface area contributed by atoms with E-state index in [4.69, 9.17) is 40.4 Å². The number of fused-ring (bicyclic) bond motifs is 6. The Bertz CT molecular complexity index is 1750. The minimum Gasteiger partial charge on any atom is -0.385 e. The van der Waals surface area contributed by atoms with E-state index in [1.807, 2.05) is 0 Å². The summed E-state index contributed by atoms with van der Waals surface area (Å²) < 4.78 is 59.8. The third-order valence-corrected chi connectivity index (χ3v) is 9.42. The molecule has 4 aromatic heterocycles. The molecule has 0 radical (unpaired) electrons. The fourth-order valence-electron chi connectivity index (χ4n) is 4.48. The van der Waals surface area contributed by atoms with E-state index in [9.17, 15) is 14.3 Å². The summed E-state index contributed by atoms with van der Waals surface area (Å²) in [6, 6.07) is 1.40. The fourth-order valence-corrected chi connectivity index (χ4v) is 6.97. The van der Waals surface area contributed by atoms with E-state index in [0.717, 1.165) is 0 Å². The highest BCUT2D eigenvalue weighted by molar-refractivity contribution is 8.44. The monoisotopic (exact) mass is 634 g/mol. The lowest BCUT2D eigenvalue weighted by molar-refractivity contribution is -0.0451. The van der Waals surface area contributed by atoms with Crippen molar-refractivity contribution in [1.29, 1.82) is 0 Å². The number of rotatable bonds is 1. The van der Waals surface area contributed by atoms with Gasteiger partial charge in [-0.1, -0.05) is 12.2 Å². The van der Waals surface area contributed by atoms with Gasteiger partial charge in [-0.3, -0.25) is 13.8 Å². The van der Waals surface area contributed by atoms with Gasteiger partial charge in [-0.2, -0.15) is 0 Å². The molecule has 0 spiro atoms. The van der Waals surface area contributed by atoms with Crippen LogP contribution in [0.25, 0.3) is 22.2 Å². The maximum absolute atomic E-state index is 15.8. The second kappa shape index (κ2) is 10.5. The maximum Gasteiger partial charge on any atom is 0.387 e. The molecule has 16 nitrogen and oxygen atoms in total. The first kappa shape index (κ1) is 27.8. The number of hydrogen-bond donors (Lipinski definition) is 4. The highest BCUT2D eigenvalue weighted by Crippen LogP contribution is 2.58. The van der Waals surface area contributed by atoms with Crippen LogP contribution < -0.4 is 11.3 Å². The summed E-state index contributed by atoms with van der Waals surface area (Å²) in [4.78, 5) is 41.9. The van der Waals surface area contributed by atoms with Crippen molar-refractivity contribution in [2.45, 2.75) is 37.8 Å². The predicted molar refractivity (Wildman–Crippen MR) is 144 cm³/mol. The molecule has 214 valence electrons. The molecular weight excluding hydrogens is 613 g/mol. The largest absolute Gasteiger partial charge is 0.387 e. The van der Waals surface area contributed by atoms with Crippen LogP contribution in [0.15, 0.2) is 29.7 Å². The Morgan fingerprint density at radius 2 is 2.12 bits per heavy atom. The van der Waals surface area contributed by atoms with E-state index in [1.54, 1.807) is 4.57 Å². The van der Waals surface area contributed by atoms with Crippen molar-refractivity contribution in [3.63, 3.8) is 0 Å². The van der Waals surface area contributed by atoms with E-state index < -0.39 is 50.3 Å². The van der Waals surface area contributed by atoms with Crippen LogP contribution in [0.5, 0.6) is 0 Å². The molecule has 2 unspecified atom stereocenters. The number of hydrogen-bond acceptors (Lipinski definition) is 13. The van der Waals surface area contributed by atoms with Gasteiger partial charge in [-0.25, -0.2) is 28.9 Å². The molecule has 1 fully saturated rings. The van der Waals surface area contributed by atoms with Crippen molar-refractivity contribution in [3.05, 3.63) is 41.1 Å². The molecule has 0 saturated carbocycles. The van der Waals surface area contributed by atoms with Gasteiger partial charge < -0.3 is 38.5 Å². The molecule has 0 amide bonds. The van der Waals surface area contributed by atoms with Gasteiger partial charge in [0.1, 0.15) is 42.3 Å². The van der Waals surface area contributed by atoms with E-state index in [1.165, 1.54) is 29.5 Å². The molecule has 6 rings (SSSR count). The molecule has 2 bridgehead atoms. The number of nitrogens with two attached hydrogens (primary N) is 1. The molecule has 2 aliphatic rings. The van der Waals surface area contributed by atoms with Gasteiger partial charge in [-0.05, 0) is 11.8 Å². The lowest BCUT2D eigenvalue weighted by Gasteiger charge is -2.24. The molecule has 40 heavy (non-hydrogen) atoms. The number of pyridine rings is 1. The van der Waals surface area contributed by atoms with Gasteiger partial charge in [0.05, 0.1) is 31.3 Å². The number of imidazole rings is 2. The highest BCUT2D eigenvalue weighted by atomic mass is 32.7. The van der Waals surface area contributed by atoms with Crippen molar-refractivity contribution >= 4 is 65.6 Å². The van der Waals surface area contributed by atoms with Crippen molar-refractivity contribution in [2.75, 3.05) is 18.9 Å². The number of aromatic nitrogens is 7. The first-order valence-corrected chi connectivity index (χ1v) is 16.9. The Hall–Kier alpha value is -2.31. The average Bonchev–Trinajstić information content (AvgIpc) is 3.55. The quantitative estimate of drug-likeness (QED) is 0.174. The van der Waals surface area contributed by atoms with Crippen LogP contribution in [0.4, 0.5) is 10.2 Å². The smallest absolute Gasteiger partial charge is 0.385 e. The summed E-state index contributed by atoms with van der Waals surface area (Å²) in [5, 5.41) is 0. The number of anilines is 1. The van der Waals surface area contributed by atoms with Crippen LogP contribution in [-0.2, 0) is 52.4 Å². The summed E-state index contributed by atoms with van der Waals surface area (Å²) in [7, 11) is 0. The molecule has 21 heteroatoms. The molecule has 6 atom stereocenters. The Morgan fingerprint density at radius 1 is 1.30 bits per heavy atom. The predicted octanol–water partition coefficient (Wildman–Crippen LogP) is 1.59. The topological polar surface area (TPSA) is 204 Å². The Kier molecular flexibility index (Phi) is 7.31. The van der Waals surface area contributed by atoms with Crippen LogP contribution in [-0.4, -0.2) is 70.5 Å². The Labute approximate surface area is 233 Å². The molecule has 0 aromatic carbocycles. The van der Waals surface area contributed by atoms with Gasteiger partial charge in [0.25, 0.3) is 5.56 Å². The number of nitrogens with one attached hydrogen (secondary N) is 1. The van der Waals surface area contributed by atoms with Crippen LogP contribution in [0.1, 0.15) is 12.1 Å². The van der Waals surface area contributed by atoms with Gasteiger partial charge in [0, 0.05) is 12.6 Å². The van der Waals surface area contributed by atoms with Gasteiger partial charge in [0.15, 0.2) is 23.6 Å². The average molecular weight is 635 g/mol. The second-order valence-corrected chi connectivity index (χ2v) is 14.5. The zero-order valence-electron chi connectivity index (χ0n) is 20.1. The first-order valence-electron chi connectivity index (χ1n) is 11.6. The van der Waals surface area contributed by atoms with E-state index in [0.29, 0.717) is 11.2 Å². The first-order chi connectivity index (χ1) is 19.0. The molecular formula is C19H21FN8O8P2S2. The van der Waals surface area contributed by atoms with Crippen LogP contribution in [0, 0.1) is 0 Å². The molecule has 2 aliphatic heterocycles. The summed E-state index contributed by atoms with van der Waals surface area (Å²) in [5.41, 5.74) is 6.24. The Balaban J connectivity index is 1.38. The molecule has 6 heterocycles. The minimum absolute atomic E-state index is 0.000340. The van der Waals surface area contributed by atoms with E-state index in [-0.39, 0.29) is 42.4 Å². The number of alkyl halides is 1. The van der Waals surface area contributed by atoms with Crippen LogP contribution >= 0.6 is 25.8 Å². The van der Waals surface area contributed by atoms with Crippen LogP contribution in [0.3, 0.4) is 0 Å². The summed E-state index contributed by atoms with van der Waals surface area (Å²) in [6.45, 7) is -9.05. The van der Waals surface area contributed by atoms with Crippen molar-refractivity contribution < 1.29 is 36.7 Å². The molecule has 1 saturated heterocycles. The minimum atomic E-state index is -4.28. The number of nitrogens with zero attached hydrogens (tertiary/aromatic N) is 6.